The van der Waals surface area contributed by atoms with E-state index in [0.29, 0.717) is 22.5 Å². The summed E-state index contributed by atoms with van der Waals surface area (Å²) in [4.78, 5) is 8.80. The number of fused-ring (bicyclic) bond motifs is 2. The number of nitrogen functional groups attached to an aromatic ring is 1. The minimum Gasteiger partial charge on any atom is -0.384 e. The van der Waals surface area contributed by atoms with E-state index in [1.807, 2.05) is 30.3 Å². The Bertz CT molecular complexity index is 931. The lowest BCUT2D eigenvalue weighted by atomic mass is 10.1. The van der Waals surface area contributed by atoms with E-state index < -0.39 is 0 Å². The molecule has 96 valence electrons. The Morgan fingerprint density at radius 3 is 2.90 bits per heavy atom. The highest BCUT2D eigenvalue weighted by molar-refractivity contribution is 6.00. The van der Waals surface area contributed by atoms with Gasteiger partial charge in [-0.1, -0.05) is 18.2 Å². The second kappa shape index (κ2) is 3.99. The van der Waals surface area contributed by atoms with Crippen LogP contribution in [-0.2, 0) is 0 Å². The number of hydrogen-bond acceptors (Lipinski definition) is 6. The van der Waals surface area contributed by atoms with Crippen LogP contribution < -0.4 is 5.73 Å². The van der Waals surface area contributed by atoms with Gasteiger partial charge in [-0.25, -0.2) is 9.61 Å². The number of pyridine rings is 2. The monoisotopic (exact) mass is 263 g/mol. The van der Waals surface area contributed by atoms with Crippen LogP contribution in [0, 0.1) is 0 Å². The molecule has 0 saturated carbocycles. The fourth-order valence-electron chi connectivity index (χ4n) is 2.29. The Hall–Kier alpha value is -3.02. The van der Waals surface area contributed by atoms with Crippen LogP contribution in [0.5, 0.6) is 0 Å². The smallest absolute Gasteiger partial charge is 0.144 e. The average Bonchev–Trinajstić information content (AvgIpc) is 2.94. The molecule has 4 rings (SSSR count). The van der Waals surface area contributed by atoms with Crippen LogP contribution in [0.4, 0.5) is 5.82 Å². The lowest BCUT2D eigenvalue weighted by molar-refractivity contribution is 0.315. The summed E-state index contributed by atoms with van der Waals surface area (Å²) in [7, 11) is 0. The lowest BCUT2D eigenvalue weighted by Crippen LogP contribution is -1.95. The third-order valence-corrected chi connectivity index (χ3v) is 3.15. The van der Waals surface area contributed by atoms with E-state index in [4.69, 9.17) is 10.4 Å². The van der Waals surface area contributed by atoms with E-state index in [9.17, 15) is 0 Å². The maximum absolute atomic E-state index is 5.88. The van der Waals surface area contributed by atoms with Crippen LogP contribution >= 0.6 is 0 Å². The van der Waals surface area contributed by atoms with Crippen LogP contribution in [0.25, 0.3) is 33.2 Å². The summed E-state index contributed by atoms with van der Waals surface area (Å²) in [5.74, 6) is 0.439. The zero-order chi connectivity index (χ0) is 13.5. The van der Waals surface area contributed by atoms with Gasteiger partial charge in [0, 0.05) is 17.1 Å². The van der Waals surface area contributed by atoms with Crippen LogP contribution in [0.2, 0.25) is 0 Å². The molecular weight excluding hydrogens is 254 g/mol. The van der Waals surface area contributed by atoms with E-state index in [1.54, 1.807) is 12.3 Å². The molecule has 3 aromatic heterocycles. The second-order valence-corrected chi connectivity index (χ2v) is 4.41. The fraction of sp³-hybridized carbons (Fsp3) is 0. The zero-order valence-electron chi connectivity index (χ0n) is 10.3. The third kappa shape index (κ3) is 1.51. The molecule has 0 fully saturated rings. The van der Waals surface area contributed by atoms with Crippen LogP contribution in [0.1, 0.15) is 0 Å². The largest absolute Gasteiger partial charge is 0.384 e. The van der Waals surface area contributed by atoms with Gasteiger partial charge in [0.1, 0.15) is 22.5 Å². The highest BCUT2D eigenvalue weighted by Gasteiger charge is 2.14. The average molecular weight is 263 g/mol. The van der Waals surface area contributed by atoms with E-state index in [2.05, 4.69) is 20.3 Å². The van der Waals surface area contributed by atoms with Crippen molar-refractivity contribution in [3.63, 3.8) is 0 Å². The molecule has 1 aromatic carbocycles. The van der Waals surface area contributed by atoms with Gasteiger partial charge in [0.2, 0.25) is 0 Å². The quantitative estimate of drug-likeness (QED) is 0.567. The number of nitrogens with two attached hydrogens (primary N) is 1. The molecule has 6 nitrogen and oxygen atoms in total. The predicted molar refractivity (Wildman–Crippen MR) is 74.7 cm³/mol. The highest BCUT2D eigenvalue weighted by Crippen LogP contribution is 2.30. The first-order chi connectivity index (χ1) is 9.83. The first kappa shape index (κ1) is 10.9. The maximum atomic E-state index is 5.88. The molecule has 20 heavy (non-hydrogen) atoms. The van der Waals surface area contributed by atoms with Gasteiger partial charge in [-0.2, -0.15) is 0 Å². The fourth-order valence-corrected chi connectivity index (χ4v) is 2.29. The standard InChI is InChI=1S/C14H9N5O/c15-11-7-8-3-2-6-16-12(8)14(17-11)9-4-1-5-10-13(9)19-20-18-10/h1-7H,(H2,15,17). The Morgan fingerprint density at radius 1 is 1.00 bits per heavy atom. The van der Waals surface area contributed by atoms with Crippen molar-refractivity contribution < 1.29 is 4.63 Å². The van der Waals surface area contributed by atoms with Crippen molar-refractivity contribution in [1.82, 2.24) is 20.3 Å². The van der Waals surface area contributed by atoms with Gasteiger partial charge in [-0.15, -0.1) is 0 Å². The Balaban J connectivity index is 2.14. The van der Waals surface area contributed by atoms with Gasteiger partial charge < -0.3 is 5.73 Å². The molecule has 0 radical (unpaired) electrons. The van der Waals surface area contributed by atoms with E-state index in [1.165, 1.54) is 0 Å². The Labute approximate surface area is 113 Å². The molecule has 0 aliphatic carbocycles. The van der Waals surface area contributed by atoms with Gasteiger partial charge in [-0.3, -0.25) is 4.98 Å². The van der Waals surface area contributed by atoms with Crippen LogP contribution in [0.3, 0.4) is 0 Å². The molecule has 6 heteroatoms. The minimum absolute atomic E-state index is 0.439. The third-order valence-electron chi connectivity index (χ3n) is 3.15. The van der Waals surface area contributed by atoms with Crippen LogP contribution in [-0.4, -0.2) is 20.3 Å². The van der Waals surface area contributed by atoms with Gasteiger partial charge in [0.25, 0.3) is 0 Å². The number of rotatable bonds is 1. The molecule has 2 N–H and O–H groups in total. The molecule has 0 spiro atoms. The SMILES string of the molecule is Nc1cc2cccnc2c(-c2cccc3nonc23)n1. The first-order valence-electron chi connectivity index (χ1n) is 6.06. The van der Waals surface area contributed by atoms with Crippen molar-refractivity contribution in [2.24, 2.45) is 0 Å². The first-order valence-corrected chi connectivity index (χ1v) is 6.06. The van der Waals surface area contributed by atoms with Crippen molar-refractivity contribution in [2.75, 3.05) is 5.73 Å². The summed E-state index contributed by atoms with van der Waals surface area (Å²) in [6, 6.07) is 11.2. The summed E-state index contributed by atoms with van der Waals surface area (Å²) in [6.45, 7) is 0. The second-order valence-electron chi connectivity index (χ2n) is 4.41. The molecule has 0 aliphatic heterocycles. The van der Waals surface area contributed by atoms with Crippen molar-refractivity contribution in [3.8, 4) is 11.3 Å². The molecule has 0 aliphatic rings. The topological polar surface area (TPSA) is 90.7 Å². The van der Waals surface area contributed by atoms with Crippen molar-refractivity contribution in [3.05, 3.63) is 42.6 Å². The van der Waals surface area contributed by atoms with Crippen molar-refractivity contribution in [1.29, 1.82) is 0 Å². The number of aromatic nitrogens is 4. The lowest BCUT2D eigenvalue weighted by Gasteiger charge is -2.06. The van der Waals surface area contributed by atoms with Gasteiger partial charge in [-0.05, 0) is 28.5 Å². The van der Waals surface area contributed by atoms with Gasteiger partial charge in [0.15, 0.2) is 0 Å². The van der Waals surface area contributed by atoms with Gasteiger partial charge in [0.05, 0.1) is 5.52 Å². The Morgan fingerprint density at radius 2 is 1.95 bits per heavy atom. The summed E-state index contributed by atoms with van der Waals surface area (Å²) < 4.78 is 4.79. The summed E-state index contributed by atoms with van der Waals surface area (Å²) in [5, 5.41) is 8.71. The number of hydrogen-bond donors (Lipinski definition) is 1. The van der Waals surface area contributed by atoms with Crippen LogP contribution in [0.15, 0.2) is 47.2 Å². The molecule has 0 saturated heterocycles. The molecule has 0 unspecified atom stereocenters. The molecule has 4 aromatic rings. The number of benzene rings is 1. The molecule has 0 atom stereocenters. The normalized spacial score (nSPS) is 11.2. The number of nitrogens with zero attached hydrogens (tertiary/aromatic N) is 4. The minimum atomic E-state index is 0.439. The Kier molecular flexibility index (Phi) is 2.17. The van der Waals surface area contributed by atoms with E-state index in [0.717, 1.165) is 16.5 Å². The van der Waals surface area contributed by atoms with Crippen molar-refractivity contribution in [2.45, 2.75) is 0 Å². The summed E-state index contributed by atoms with van der Waals surface area (Å²) in [5.41, 5.74) is 9.47. The van der Waals surface area contributed by atoms with E-state index in [-0.39, 0.29) is 0 Å². The highest BCUT2D eigenvalue weighted by atomic mass is 16.6. The molecular formula is C14H9N5O. The zero-order valence-corrected chi connectivity index (χ0v) is 10.3. The molecule has 0 amide bonds. The van der Waals surface area contributed by atoms with Crippen molar-refractivity contribution >= 4 is 27.8 Å². The number of anilines is 1. The maximum Gasteiger partial charge on any atom is 0.144 e. The molecule has 0 bridgehead atoms. The van der Waals surface area contributed by atoms with E-state index >= 15 is 0 Å². The summed E-state index contributed by atoms with van der Waals surface area (Å²) >= 11 is 0. The molecule has 3 heterocycles. The van der Waals surface area contributed by atoms with Gasteiger partial charge >= 0.3 is 0 Å². The predicted octanol–water partition coefficient (Wildman–Crippen LogP) is 2.42. The summed E-state index contributed by atoms with van der Waals surface area (Å²) in [6.07, 6.45) is 1.73.